The lowest BCUT2D eigenvalue weighted by molar-refractivity contribution is -0.274. The van der Waals surface area contributed by atoms with Crippen molar-refractivity contribution in [2.45, 2.75) is 32.3 Å². The molecule has 12 heteroatoms. The molecular weight excluding hydrogens is 479 g/mol. The Morgan fingerprint density at radius 2 is 2.00 bits per heavy atom. The van der Waals surface area contributed by atoms with Crippen molar-refractivity contribution in [1.29, 1.82) is 0 Å². The van der Waals surface area contributed by atoms with Gasteiger partial charge in [-0.1, -0.05) is 12.1 Å². The van der Waals surface area contributed by atoms with Gasteiger partial charge in [0.05, 0.1) is 12.1 Å². The number of alkyl halides is 3. The molecule has 2 heterocycles. The van der Waals surface area contributed by atoms with Gasteiger partial charge in [0.1, 0.15) is 11.8 Å². The van der Waals surface area contributed by atoms with E-state index in [1.807, 2.05) is 31.3 Å². The average Bonchev–Trinajstić information content (AvgIpc) is 3.36. The molecule has 0 spiro atoms. The largest absolute Gasteiger partial charge is 0.573 e. The quantitative estimate of drug-likeness (QED) is 0.369. The summed E-state index contributed by atoms with van der Waals surface area (Å²) in [5.74, 6) is -2.33. The second-order valence-electron chi connectivity index (χ2n) is 8.51. The standard InChI is InChI=1S/C24H24F3N5O4/c1-13-2-4-16-14(10-29-20(16)8-13)12-32-7-6-19(23(32)35)31-21(33)11-30-22(34)17-9-15(3-5-18(17)28)36-24(25,26)27/h2-5,8-10,19,29H,6-7,11-12,28H2,1H3,(H,30,34)(H,31,33)/t19-/m1/s1. The molecule has 0 radical (unpaired) electrons. The van der Waals surface area contributed by atoms with Crippen LogP contribution in [-0.2, 0) is 16.1 Å². The third-order valence-corrected chi connectivity index (χ3v) is 5.83. The zero-order valence-electron chi connectivity index (χ0n) is 19.2. The highest BCUT2D eigenvalue weighted by Gasteiger charge is 2.33. The van der Waals surface area contributed by atoms with Crippen molar-refractivity contribution in [2.24, 2.45) is 0 Å². The van der Waals surface area contributed by atoms with Crippen LogP contribution in [0.25, 0.3) is 10.9 Å². The molecule has 9 nitrogen and oxygen atoms in total. The molecule has 1 atom stereocenters. The number of anilines is 1. The molecule has 1 saturated heterocycles. The lowest BCUT2D eigenvalue weighted by Gasteiger charge is -2.17. The van der Waals surface area contributed by atoms with Crippen LogP contribution in [0.3, 0.4) is 0 Å². The fraction of sp³-hybridized carbons (Fsp3) is 0.292. The average molecular weight is 503 g/mol. The number of halogens is 3. The number of nitrogens with one attached hydrogen (secondary N) is 3. The van der Waals surface area contributed by atoms with E-state index in [0.717, 1.165) is 40.2 Å². The zero-order chi connectivity index (χ0) is 26.0. The van der Waals surface area contributed by atoms with E-state index in [-0.39, 0.29) is 17.2 Å². The summed E-state index contributed by atoms with van der Waals surface area (Å²) in [7, 11) is 0. The number of aryl methyl sites for hydroxylation is 1. The minimum atomic E-state index is -4.93. The number of benzene rings is 2. The van der Waals surface area contributed by atoms with Gasteiger partial charge in [-0.05, 0) is 48.7 Å². The number of rotatable bonds is 7. The maximum absolute atomic E-state index is 12.8. The summed E-state index contributed by atoms with van der Waals surface area (Å²) < 4.78 is 41.1. The summed E-state index contributed by atoms with van der Waals surface area (Å²) in [6.07, 6.45) is -2.66. The number of fused-ring (bicyclic) bond motifs is 1. The molecule has 190 valence electrons. The predicted molar refractivity (Wildman–Crippen MR) is 125 cm³/mol. The van der Waals surface area contributed by atoms with Crippen LogP contribution in [0.5, 0.6) is 5.75 Å². The second-order valence-corrected chi connectivity index (χ2v) is 8.51. The predicted octanol–water partition coefficient (Wildman–Crippen LogP) is 2.60. The first kappa shape index (κ1) is 24.9. The Hall–Kier alpha value is -4.22. The van der Waals surface area contributed by atoms with Gasteiger partial charge in [-0.15, -0.1) is 13.2 Å². The van der Waals surface area contributed by atoms with Crippen LogP contribution in [0.4, 0.5) is 18.9 Å². The highest BCUT2D eigenvalue weighted by atomic mass is 19.4. The molecule has 3 amide bonds. The third-order valence-electron chi connectivity index (χ3n) is 5.83. The normalized spacial score (nSPS) is 15.8. The zero-order valence-corrected chi connectivity index (χ0v) is 19.2. The Morgan fingerprint density at radius 3 is 2.75 bits per heavy atom. The molecule has 4 rings (SSSR count). The maximum atomic E-state index is 12.8. The minimum absolute atomic E-state index is 0.0866. The van der Waals surface area contributed by atoms with Crippen molar-refractivity contribution >= 4 is 34.3 Å². The van der Waals surface area contributed by atoms with Crippen LogP contribution in [-0.4, -0.2) is 53.1 Å². The Bertz CT molecular complexity index is 1320. The van der Waals surface area contributed by atoms with Crippen molar-refractivity contribution in [3.05, 3.63) is 59.3 Å². The van der Waals surface area contributed by atoms with E-state index in [0.29, 0.717) is 19.5 Å². The topological polar surface area (TPSA) is 130 Å². The van der Waals surface area contributed by atoms with Gasteiger partial charge in [-0.25, -0.2) is 0 Å². The minimum Gasteiger partial charge on any atom is -0.406 e. The number of aromatic amines is 1. The van der Waals surface area contributed by atoms with Crippen molar-refractivity contribution in [3.8, 4) is 5.75 Å². The first-order valence-electron chi connectivity index (χ1n) is 11.1. The number of nitrogens with zero attached hydrogens (tertiary/aromatic N) is 1. The lowest BCUT2D eigenvalue weighted by atomic mass is 10.1. The third kappa shape index (κ3) is 5.70. The summed E-state index contributed by atoms with van der Waals surface area (Å²) >= 11 is 0. The van der Waals surface area contributed by atoms with Gasteiger partial charge in [-0.2, -0.15) is 0 Å². The van der Waals surface area contributed by atoms with Crippen molar-refractivity contribution < 1.29 is 32.3 Å². The highest BCUT2D eigenvalue weighted by molar-refractivity contribution is 6.01. The summed E-state index contributed by atoms with van der Waals surface area (Å²) in [6.45, 7) is 2.35. The number of amides is 3. The number of likely N-dealkylation sites (tertiary alicyclic amines) is 1. The van der Waals surface area contributed by atoms with E-state index < -0.39 is 36.5 Å². The molecule has 3 aromatic rings. The van der Waals surface area contributed by atoms with Gasteiger partial charge in [0.15, 0.2) is 0 Å². The van der Waals surface area contributed by atoms with E-state index in [2.05, 4.69) is 20.4 Å². The van der Waals surface area contributed by atoms with Crippen LogP contribution in [0, 0.1) is 6.92 Å². The summed E-state index contributed by atoms with van der Waals surface area (Å²) in [5, 5.41) is 5.90. The number of nitrogens with two attached hydrogens (primary N) is 1. The molecule has 0 aliphatic carbocycles. The number of hydrogen-bond acceptors (Lipinski definition) is 5. The van der Waals surface area contributed by atoms with Gasteiger partial charge >= 0.3 is 6.36 Å². The van der Waals surface area contributed by atoms with Gasteiger partial charge in [0, 0.05) is 35.9 Å². The van der Waals surface area contributed by atoms with Gasteiger partial charge in [0.25, 0.3) is 5.91 Å². The Kier molecular flexibility index (Phi) is 6.77. The van der Waals surface area contributed by atoms with Crippen LogP contribution >= 0.6 is 0 Å². The summed E-state index contributed by atoms with van der Waals surface area (Å²) in [5.41, 5.74) is 8.37. The van der Waals surface area contributed by atoms with Gasteiger partial charge < -0.3 is 31.0 Å². The smallest absolute Gasteiger partial charge is 0.406 e. The Balaban J connectivity index is 1.30. The van der Waals surface area contributed by atoms with E-state index in [4.69, 9.17) is 5.73 Å². The molecule has 0 saturated carbocycles. The van der Waals surface area contributed by atoms with Crippen LogP contribution < -0.4 is 21.1 Å². The number of hydrogen-bond donors (Lipinski definition) is 4. The molecule has 0 bridgehead atoms. The molecule has 1 fully saturated rings. The van der Waals surface area contributed by atoms with Crippen molar-refractivity contribution in [3.63, 3.8) is 0 Å². The highest BCUT2D eigenvalue weighted by Crippen LogP contribution is 2.26. The van der Waals surface area contributed by atoms with Crippen LogP contribution in [0.1, 0.15) is 27.9 Å². The van der Waals surface area contributed by atoms with Gasteiger partial charge in [0.2, 0.25) is 11.8 Å². The van der Waals surface area contributed by atoms with Crippen molar-refractivity contribution in [1.82, 2.24) is 20.5 Å². The van der Waals surface area contributed by atoms with E-state index in [1.165, 1.54) is 0 Å². The first-order chi connectivity index (χ1) is 17.0. The molecule has 36 heavy (non-hydrogen) atoms. The van der Waals surface area contributed by atoms with Crippen LogP contribution in [0.2, 0.25) is 0 Å². The Morgan fingerprint density at radius 1 is 1.22 bits per heavy atom. The SMILES string of the molecule is Cc1ccc2c(CN3CC[C@@H](NC(=O)CNC(=O)c4cc(OC(F)(F)F)ccc4N)C3=O)c[nH]c2c1. The fourth-order valence-corrected chi connectivity index (χ4v) is 4.10. The maximum Gasteiger partial charge on any atom is 0.573 e. The van der Waals surface area contributed by atoms with Gasteiger partial charge in [-0.3, -0.25) is 14.4 Å². The molecule has 1 aliphatic rings. The number of aromatic nitrogens is 1. The molecule has 0 unspecified atom stereocenters. The van der Waals surface area contributed by atoms with Crippen LogP contribution in [0.15, 0.2) is 42.6 Å². The number of H-pyrrole nitrogens is 1. The monoisotopic (exact) mass is 503 g/mol. The molecule has 1 aliphatic heterocycles. The van der Waals surface area contributed by atoms with E-state index >= 15 is 0 Å². The number of carbonyl (C=O) groups excluding carboxylic acids is 3. The fourth-order valence-electron chi connectivity index (χ4n) is 4.10. The second kappa shape index (κ2) is 9.80. The first-order valence-corrected chi connectivity index (χ1v) is 11.1. The van der Waals surface area contributed by atoms with E-state index in [1.54, 1.807) is 4.90 Å². The summed E-state index contributed by atoms with van der Waals surface area (Å²) in [4.78, 5) is 42.4. The number of ether oxygens (including phenoxy) is 1. The molecular formula is C24H24F3N5O4. The molecule has 5 N–H and O–H groups in total. The lowest BCUT2D eigenvalue weighted by Crippen LogP contribution is -2.45. The molecule has 1 aromatic heterocycles. The Labute approximate surface area is 203 Å². The molecule has 2 aromatic carbocycles. The number of nitrogen functional groups attached to an aromatic ring is 1. The summed E-state index contributed by atoms with van der Waals surface area (Å²) in [6, 6.07) is 8.18. The number of carbonyl (C=O) groups is 3. The van der Waals surface area contributed by atoms with E-state index in [9.17, 15) is 27.6 Å². The van der Waals surface area contributed by atoms with Crippen molar-refractivity contribution in [2.75, 3.05) is 18.8 Å².